The van der Waals surface area contributed by atoms with Crippen LogP contribution in [0, 0.1) is 6.92 Å². The van der Waals surface area contributed by atoms with Crippen LogP contribution < -0.4 is 0 Å². The molecule has 1 aromatic rings. The predicted octanol–water partition coefficient (Wildman–Crippen LogP) is 1.76. The van der Waals surface area contributed by atoms with Gasteiger partial charge < -0.3 is 4.57 Å². The molecule has 0 radical (unpaired) electrons. The Labute approximate surface area is 61.2 Å². The van der Waals surface area contributed by atoms with E-state index in [1.807, 2.05) is 37.9 Å². The molecule has 0 fully saturated rings. The Kier molecular flexibility index (Phi) is 1.90. The van der Waals surface area contributed by atoms with Crippen molar-refractivity contribution in [2.24, 2.45) is 7.05 Å². The van der Waals surface area contributed by atoms with Crippen LogP contribution >= 0.6 is 0 Å². The zero-order valence-electron chi connectivity index (χ0n) is 6.63. The predicted molar refractivity (Wildman–Crippen MR) is 42.7 cm³/mol. The topological polar surface area (TPSA) is 17.8 Å². The molecule has 0 unspecified atom stereocenters. The molecule has 0 spiro atoms. The number of nitrogens with zero attached hydrogens (tertiary/aromatic N) is 2. The molecule has 0 N–H and O–H groups in total. The Morgan fingerprint density at radius 3 is 2.70 bits per heavy atom. The number of hydrogen-bond acceptors (Lipinski definition) is 1. The van der Waals surface area contributed by atoms with Gasteiger partial charge >= 0.3 is 0 Å². The molecule has 0 saturated heterocycles. The smallest absolute Gasteiger partial charge is 0.0951 e. The molecule has 0 saturated carbocycles. The Hall–Kier alpha value is -1.05. The molecule has 0 amide bonds. The van der Waals surface area contributed by atoms with Gasteiger partial charge in [0.1, 0.15) is 0 Å². The molecule has 0 aliphatic rings. The van der Waals surface area contributed by atoms with Gasteiger partial charge in [-0.05, 0) is 19.9 Å². The Balaban J connectivity index is 3.10. The second kappa shape index (κ2) is 2.69. The summed E-state index contributed by atoms with van der Waals surface area (Å²) in [5.74, 6) is 0. The number of aromatic nitrogens is 2. The van der Waals surface area contributed by atoms with Crippen LogP contribution in [0.25, 0.3) is 6.08 Å². The lowest BCUT2D eigenvalue weighted by Crippen LogP contribution is -1.88. The fourth-order valence-electron chi connectivity index (χ4n) is 0.953. The standard InChI is InChI=1S/C8H12N2/c1-4-5-8-7(2)9-6-10(8)3/h4-6H,1-3H3. The highest BCUT2D eigenvalue weighted by Crippen LogP contribution is 2.05. The van der Waals surface area contributed by atoms with Gasteiger partial charge in [-0.25, -0.2) is 4.98 Å². The van der Waals surface area contributed by atoms with Crippen molar-refractivity contribution in [1.82, 2.24) is 9.55 Å². The first-order chi connectivity index (χ1) is 4.75. The maximum Gasteiger partial charge on any atom is 0.0951 e. The lowest BCUT2D eigenvalue weighted by atomic mass is 10.3. The van der Waals surface area contributed by atoms with Crippen LogP contribution in [-0.4, -0.2) is 9.55 Å². The van der Waals surface area contributed by atoms with Crippen LogP contribution in [0.1, 0.15) is 18.3 Å². The fourth-order valence-corrected chi connectivity index (χ4v) is 0.953. The van der Waals surface area contributed by atoms with Crippen molar-refractivity contribution in [2.75, 3.05) is 0 Å². The first-order valence-corrected chi connectivity index (χ1v) is 3.36. The van der Waals surface area contributed by atoms with Gasteiger partial charge in [0.25, 0.3) is 0 Å². The number of aryl methyl sites for hydroxylation is 2. The first-order valence-electron chi connectivity index (χ1n) is 3.36. The summed E-state index contributed by atoms with van der Waals surface area (Å²) in [5, 5.41) is 0. The minimum absolute atomic E-state index is 1.08. The van der Waals surface area contributed by atoms with Gasteiger partial charge in [-0.15, -0.1) is 0 Å². The average molecular weight is 136 g/mol. The van der Waals surface area contributed by atoms with Gasteiger partial charge in [0.2, 0.25) is 0 Å². The van der Waals surface area contributed by atoms with Crippen molar-refractivity contribution in [2.45, 2.75) is 13.8 Å². The molecule has 10 heavy (non-hydrogen) atoms. The van der Waals surface area contributed by atoms with Gasteiger partial charge in [-0.2, -0.15) is 0 Å². The molecule has 0 bridgehead atoms. The zero-order chi connectivity index (χ0) is 7.56. The third-order valence-electron chi connectivity index (χ3n) is 1.50. The molecule has 1 heterocycles. The highest BCUT2D eigenvalue weighted by atomic mass is 15.0. The van der Waals surface area contributed by atoms with E-state index >= 15 is 0 Å². The number of imidazole rings is 1. The SMILES string of the molecule is CC=Cc1c(C)ncn1C. The Morgan fingerprint density at radius 1 is 1.60 bits per heavy atom. The van der Waals surface area contributed by atoms with Crippen molar-refractivity contribution in [3.05, 3.63) is 23.8 Å². The van der Waals surface area contributed by atoms with Crippen LogP contribution in [-0.2, 0) is 7.05 Å². The van der Waals surface area contributed by atoms with E-state index in [9.17, 15) is 0 Å². The van der Waals surface area contributed by atoms with E-state index in [1.165, 1.54) is 5.69 Å². The third-order valence-corrected chi connectivity index (χ3v) is 1.50. The van der Waals surface area contributed by atoms with Crippen LogP contribution in [0.5, 0.6) is 0 Å². The van der Waals surface area contributed by atoms with E-state index in [1.54, 1.807) is 0 Å². The van der Waals surface area contributed by atoms with Crippen LogP contribution in [0.15, 0.2) is 12.4 Å². The highest BCUT2D eigenvalue weighted by Gasteiger charge is 1.97. The van der Waals surface area contributed by atoms with Gasteiger partial charge in [0, 0.05) is 7.05 Å². The molecule has 0 aliphatic heterocycles. The molecule has 0 aromatic carbocycles. The van der Waals surface area contributed by atoms with Crippen LogP contribution in [0.4, 0.5) is 0 Å². The summed E-state index contributed by atoms with van der Waals surface area (Å²) >= 11 is 0. The molecule has 0 atom stereocenters. The first kappa shape index (κ1) is 7.06. The Bertz CT molecular complexity index is 226. The van der Waals surface area contributed by atoms with Gasteiger partial charge in [-0.1, -0.05) is 6.08 Å². The summed E-state index contributed by atoms with van der Waals surface area (Å²) in [7, 11) is 2.00. The third kappa shape index (κ3) is 1.10. The quantitative estimate of drug-likeness (QED) is 0.575. The second-order valence-corrected chi connectivity index (χ2v) is 2.33. The molecule has 1 aromatic heterocycles. The zero-order valence-corrected chi connectivity index (χ0v) is 6.63. The summed E-state index contributed by atoms with van der Waals surface area (Å²) in [5.41, 5.74) is 2.27. The monoisotopic (exact) mass is 136 g/mol. The molecule has 2 nitrogen and oxygen atoms in total. The minimum atomic E-state index is 1.08. The molecule has 2 heteroatoms. The summed E-state index contributed by atoms with van der Waals surface area (Å²) in [6, 6.07) is 0. The highest BCUT2D eigenvalue weighted by molar-refractivity contribution is 5.46. The van der Waals surface area contributed by atoms with E-state index in [-0.39, 0.29) is 0 Å². The molecular weight excluding hydrogens is 124 g/mol. The molecule has 0 aliphatic carbocycles. The number of hydrogen-bond donors (Lipinski definition) is 0. The summed E-state index contributed by atoms with van der Waals surface area (Å²) in [6.45, 7) is 4.02. The number of rotatable bonds is 1. The van der Waals surface area contributed by atoms with Crippen molar-refractivity contribution in [3.8, 4) is 0 Å². The van der Waals surface area contributed by atoms with Crippen LogP contribution in [0.2, 0.25) is 0 Å². The maximum atomic E-state index is 4.15. The maximum absolute atomic E-state index is 4.15. The van der Waals surface area contributed by atoms with Crippen LogP contribution in [0.3, 0.4) is 0 Å². The summed E-state index contributed by atoms with van der Waals surface area (Å²) < 4.78 is 2.01. The average Bonchev–Trinajstić information content (AvgIpc) is 2.20. The number of allylic oxidation sites excluding steroid dienone is 1. The van der Waals surface area contributed by atoms with Crippen molar-refractivity contribution in [1.29, 1.82) is 0 Å². The minimum Gasteiger partial charge on any atom is -0.334 e. The lowest BCUT2D eigenvalue weighted by Gasteiger charge is -1.94. The fraction of sp³-hybridized carbons (Fsp3) is 0.375. The Morgan fingerprint density at radius 2 is 2.30 bits per heavy atom. The van der Waals surface area contributed by atoms with Crippen molar-refractivity contribution in [3.63, 3.8) is 0 Å². The van der Waals surface area contributed by atoms with Gasteiger partial charge in [-0.3, -0.25) is 0 Å². The van der Waals surface area contributed by atoms with Gasteiger partial charge in [0.05, 0.1) is 17.7 Å². The summed E-state index contributed by atoms with van der Waals surface area (Å²) in [4.78, 5) is 4.15. The van der Waals surface area contributed by atoms with E-state index in [4.69, 9.17) is 0 Å². The normalized spacial score (nSPS) is 11.1. The van der Waals surface area contributed by atoms with E-state index in [0.717, 1.165) is 5.69 Å². The van der Waals surface area contributed by atoms with E-state index in [0.29, 0.717) is 0 Å². The van der Waals surface area contributed by atoms with Crippen molar-refractivity contribution >= 4 is 6.08 Å². The molecular formula is C8H12N2. The van der Waals surface area contributed by atoms with E-state index < -0.39 is 0 Å². The summed E-state index contributed by atoms with van der Waals surface area (Å²) in [6.07, 6.45) is 5.90. The molecule has 54 valence electrons. The van der Waals surface area contributed by atoms with E-state index in [2.05, 4.69) is 11.1 Å². The largest absolute Gasteiger partial charge is 0.334 e. The van der Waals surface area contributed by atoms with Gasteiger partial charge in [0.15, 0.2) is 0 Å². The molecule has 1 rings (SSSR count). The second-order valence-electron chi connectivity index (χ2n) is 2.33. The van der Waals surface area contributed by atoms with Crippen molar-refractivity contribution < 1.29 is 0 Å². The lowest BCUT2D eigenvalue weighted by molar-refractivity contribution is 0.901.